The Balaban J connectivity index is 1.75. The number of rotatable bonds is 3. The van der Waals surface area contributed by atoms with Gasteiger partial charge in [0.2, 0.25) is 0 Å². The first-order valence-corrected chi connectivity index (χ1v) is 11.4. The normalized spacial score (nSPS) is 26.2. The second kappa shape index (κ2) is 7.82. The van der Waals surface area contributed by atoms with Crippen molar-refractivity contribution in [2.45, 2.75) is 44.8 Å². The fourth-order valence-corrected chi connectivity index (χ4v) is 5.72. The molecule has 0 saturated heterocycles. The zero-order chi connectivity index (χ0) is 23.4. The number of ether oxygens (including phenoxy) is 2. The lowest BCUT2D eigenvalue weighted by Crippen LogP contribution is -2.44. The number of amidine groups is 1. The van der Waals surface area contributed by atoms with Crippen LogP contribution in [0, 0.1) is 11.8 Å². The lowest BCUT2D eigenvalue weighted by Gasteiger charge is -2.43. The van der Waals surface area contributed by atoms with E-state index in [2.05, 4.69) is 26.0 Å². The number of alkyl halides is 3. The van der Waals surface area contributed by atoms with E-state index in [1.807, 2.05) is 12.1 Å². The molecular weight excluding hydrogens is 429 g/mol. The maximum atomic E-state index is 12.8. The fourth-order valence-electron chi connectivity index (χ4n) is 5.72. The topological polar surface area (TPSA) is 56.8 Å². The molecule has 2 aromatic carbocycles. The van der Waals surface area contributed by atoms with E-state index in [4.69, 9.17) is 20.2 Å². The van der Waals surface area contributed by atoms with Crippen LogP contribution in [0.15, 0.2) is 53.0 Å². The molecule has 5 rings (SSSR count). The predicted octanol–water partition coefficient (Wildman–Crippen LogP) is 5.65. The van der Waals surface area contributed by atoms with E-state index in [-0.39, 0.29) is 17.6 Å². The number of fused-ring (bicyclic) bond motifs is 3. The van der Waals surface area contributed by atoms with Gasteiger partial charge in [0.05, 0.1) is 5.84 Å². The zero-order valence-electron chi connectivity index (χ0n) is 18.7. The average molecular weight is 457 g/mol. The molecule has 2 N–H and O–H groups in total. The van der Waals surface area contributed by atoms with Crippen LogP contribution in [0.3, 0.4) is 0 Å². The second-order valence-electron chi connectivity index (χ2n) is 9.10. The molecule has 0 amide bonds. The van der Waals surface area contributed by atoms with Gasteiger partial charge in [-0.1, -0.05) is 38.1 Å². The van der Waals surface area contributed by atoms with E-state index >= 15 is 0 Å². The third-order valence-corrected chi connectivity index (χ3v) is 7.24. The summed E-state index contributed by atoms with van der Waals surface area (Å²) in [5.74, 6) is 1.55. The third-order valence-electron chi connectivity index (χ3n) is 7.24. The smallest absolute Gasteiger partial charge is 0.422 e. The van der Waals surface area contributed by atoms with Crippen molar-refractivity contribution in [3.05, 3.63) is 64.7 Å². The van der Waals surface area contributed by atoms with Gasteiger partial charge in [0.1, 0.15) is 23.6 Å². The van der Waals surface area contributed by atoms with Crippen LogP contribution in [-0.2, 0) is 12.0 Å². The van der Waals surface area contributed by atoms with Crippen LogP contribution in [0.5, 0.6) is 11.5 Å². The van der Waals surface area contributed by atoms with Crippen LogP contribution < -0.4 is 15.2 Å². The molecule has 0 fully saturated rings. The van der Waals surface area contributed by atoms with Crippen LogP contribution >= 0.6 is 0 Å². The van der Waals surface area contributed by atoms with Crippen molar-refractivity contribution >= 4 is 11.4 Å². The Bertz CT molecular complexity index is 1150. The van der Waals surface area contributed by atoms with Crippen molar-refractivity contribution in [3.63, 3.8) is 0 Å². The molecule has 1 aliphatic carbocycles. The van der Waals surface area contributed by atoms with Gasteiger partial charge >= 0.3 is 6.18 Å². The molecule has 3 unspecified atom stereocenters. The average Bonchev–Trinajstić information content (AvgIpc) is 3.01. The molecule has 174 valence electrons. The summed E-state index contributed by atoms with van der Waals surface area (Å²) in [5, 5.41) is 0. The van der Waals surface area contributed by atoms with Crippen LogP contribution in [0.25, 0.3) is 5.57 Å². The number of halogens is 3. The van der Waals surface area contributed by atoms with Gasteiger partial charge in [0, 0.05) is 11.5 Å². The molecule has 3 atom stereocenters. The van der Waals surface area contributed by atoms with Crippen molar-refractivity contribution < 1.29 is 22.6 Å². The molecule has 2 aliphatic heterocycles. The number of nitrogens with two attached hydrogens (primary N) is 1. The molecule has 2 heterocycles. The molecule has 2 bridgehead atoms. The van der Waals surface area contributed by atoms with E-state index in [0.29, 0.717) is 24.6 Å². The Morgan fingerprint density at radius 3 is 2.76 bits per heavy atom. The SMILES string of the molecule is CCC1C2=C3COc4ccc(OCC(F)(F)F)cc4C2(CCc2ccccc23)N=C(N)C1C. The summed E-state index contributed by atoms with van der Waals surface area (Å²) in [4.78, 5) is 5.11. The zero-order valence-corrected chi connectivity index (χ0v) is 18.7. The Kier molecular flexibility index (Phi) is 5.18. The summed E-state index contributed by atoms with van der Waals surface area (Å²) in [6, 6.07) is 13.2. The number of nitrogens with zero attached hydrogens (tertiary/aromatic N) is 1. The molecule has 3 aliphatic rings. The molecule has 4 nitrogen and oxygen atoms in total. The van der Waals surface area contributed by atoms with Crippen molar-refractivity contribution in [3.8, 4) is 11.5 Å². The number of aliphatic imine (C=N–C) groups is 1. The number of benzene rings is 2. The maximum Gasteiger partial charge on any atom is 0.422 e. The van der Waals surface area contributed by atoms with Crippen LogP contribution in [0.1, 0.15) is 43.4 Å². The summed E-state index contributed by atoms with van der Waals surface area (Å²) >= 11 is 0. The van der Waals surface area contributed by atoms with Crippen LogP contribution in [-0.4, -0.2) is 25.2 Å². The summed E-state index contributed by atoms with van der Waals surface area (Å²) in [5.41, 5.74) is 11.1. The molecule has 33 heavy (non-hydrogen) atoms. The van der Waals surface area contributed by atoms with Crippen molar-refractivity contribution in [1.82, 2.24) is 0 Å². The Labute approximate surface area is 191 Å². The summed E-state index contributed by atoms with van der Waals surface area (Å²) in [6.45, 7) is 3.27. The number of hydrogen-bond acceptors (Lipinski definition) is 4. The van der Waals surface area contributed by atoms with Gasteiger partial charge in [-0.2, -0.15) is 13.2 Å². The first-order chi connectivity index (χ1) is 15.7. The van der Waals surface area contributed by atoms with Gasteiger partial charge < -0.3 is 15.2 Å². The van der Waals surface area contributed by atoms with E-state index < -0.39 is 18.3 Å². The Morgan fingerprint density at radius 1 is 1.21 bits per heavy atom. The van der Waals surface area contributed by atoms with E-state index in [9.17, 15) is 13.2 Å². The molecule has 0 spiro atoms. The highest BCUT2D eigenvalue weighted by Crippen LogP contribution is 2.56. The first kappa shape index (κ1) is 21.9. The highest BCUT2D eigenvalue weighted by Gasteiger charge is 2.50. The van der Waals surface area contributed by atoms with E-state index in [0.717, 1.165) is 29.5 Å². The van der Waals surface area contributed by atoms with Crippen LogP contribution in [0.4, 0.5) is 13.2 Å². The van der Waals surface area contributed by atoms with Gasteiger partial charge in [-0.15, -0.1) is 0 Å². The molecular formula is C26H27F3N2O2. The van der Waals surface area contributed by atoms with Gasteiger partial charge in [0.15, 0.2) is 6.61 Å². The summed E-state index contributed by atoms with van der Waals surface area (Å²) < 4.78 is 49.8. The highest BCUT2D eigenvalue weighted by molar-refractivity contribution is 5.89. The van der Waals surface area contributed by atoms with Crippen LogP contribution in [0.2, 0.25) is 0 Å². The minimum absolute atomic E-state index is 0.0598. The number of aryl methyl sites for hydroxylation is 1. The Morgan fingerprint density at radius 2 is 2.00 bits per heavy atom. The second-order valence-corrected chi connectivity index (χ2v) is 9.10. The fraction of sp³-hybridized carbons (Fsp3) is 0.423. The largest absolute Gasteiger partial charge is 0.488 e. The predicted molar refractivity (Wildman–Crippen MR) is 121 cm³/mol. The minimum Gasteiger partial charge on any atom is -0.488 e. The maximum absolute atomic E-state index is 12.8. The third kappa shape index (κ3) is 3.58. The minimum atomic E-state index is -4.42. The van der Waals surface area contributed by atoms with Crippen molar-refractivity contribution in [2.24, 2.45) is 22.6 Å². The van der Waals surface area contributed by atoms with Gasteiger partial charge in [-0.3, -0.25) is 4.99 Å². The van der Waals surface area contributed by atoms with Gasteiger partial charge in [-0.25, -0.2) is 0 Å². The molecule has 0 aromatic heterocycles. The molecule has 0 radical (unpaired) electrons. The quantitative estimate of drug-likeness (QED) is 0.650. The van der Waals surface area contributed by atoms with Crippen molar-refractivity contribution in [1.29, 1.82) is 0 Å². The lowest BCUT2D eigenvalue weighted by molar-refractivity contribution is -0.153. The number of hydrogen-bond donors (Lipinski definition) is 1. The molecule has 2 aromatic rings. The van der Waals surface area contributed by atoms with E-state index in [1.54, 1.807) is 12.1 Å². The standard InChI is InChI=1S/C26H27F3N2O2/c1-3-18-15(2)24(30)31-25-11-10-16-6-4-5-7-19(16)20(23(18)25)13-32-22-9-8-17(12-21(22)25)33-14-26(27,28)29/h4-9,12,15,18H,3,10-11,13-14H2,1-2H3,(H2,30,31). The first-order valence-electron chi connectivity index (χ1n) is 11.4. The van der Waals surface area contributed by atoms with E-state index in [1.165, 1.54) is 17.2 Å². The van der Waals surface area contributed by atoms with Crippen molar-refractivity contribution in [2.75, 3.05) is 13.2 Å². The van der Waals surface area contributed by atoms with Gasteiger partial charge in [0.25, 0.3) is 0 Å². The highest BCUT2D eigenvalue weighted by atomic mass is 19.4. The monoisotopic (exact) mass is 456 g/mol. The van der Waals surface area contributed by atoms with Gasteiger partial charge in [-0.05, 0) is 65.7 Å². The Hall–Kier alpha value is -2.96. The summed E-state index contributed by atoms with van der Waals surface area (Å²) in [6.07, 6.45) is -2.11. The lowest BCUT2D eigenvalue weighted by atomic mass is 9.66. The molecule has 0 saturated carbocycles. The molecule has 7 heteroatoms. The summed E-state index contributed by atoms with van der Waals surface area (Å²) in [7, 11) is 0.